The fourth-order valence-electron chi connectivity index (χ4n) is 7.90. The molecule has 3 saturated carbocycles. The Morgan fingerprint density at radius 2 is 1.83 bits per heavy atom. The summed E-state index contributed by atoms with van der Waals surface area (Å²) >= 11 is 7.03. The van der Waals surface area contributed by atoms with Gasteiger partial charge in [0.1, 0.15) is 0 Å². The molecule has 4 aliphatic carbocycles. The number of carbonyl (C=O) groups excluding carboxylic acids is 4. The third-order valence-corrected chi connectivity index (χ3v) is 10.1. The molecule has 0 aromatic heterocycles. The normalized spacial score (nSPS) is 41.5. The first-order chi connectivity index (χ1) is 16.9. The standard InChI is InChI=1S/C28H37ClO7/c1-6-22(33)35-14-21(32)28(36-23(34)7-2)15(3)10-18-24-19(29)12-16-11-17(30)8-9-26(16,4)25(24)20(31)13-27(18,28)5/h11,18-20,24-25,31H,3,6-10,12-14H2,1-2,4-5H3/t18-,19+,20-,24+,25-,26-,27-,28+/m0/s1. The van der Waals surface area contributed by atoms with Gasteiger partial charge in [0.15, 0.2) is 18.0 Å². The summed E-state index contributed by atoms with van der Waals surface area (Å²) in [5.41, 5.74) is -1.64. The number of halogens is 1. The van der Waals surface area contributed by atoms with E-state index in [1.165, 1.54) is 0 Å². The summed E-state index contributed by atoms with van der Waals surface area (Å²) in [4.78, 5) is 50.5. The predicted molar refractivity (Wildman–Crippen MR) is 133 cm³/mol. The van der Waals surface area contributed by atoms with Gasteiger partial charge in [0, 0.05) is 30.1 Å². The number of aliphatic hydroxyl groups is 1. The lowest BCUT2D eigenvalue weighted by Crippen LogP contribution is -2.65. The maximum absolute atomic E-state index is 13.8. The van der Waals surface area contributed by atoms with E-state index in [0.717, 1.165) is 5.57 Å². The van der Waals surface area contributed by atoms with Crippen molar-refractivity contribution in [3.8, 4) is 0 Å². The van der Waals surface area contributed by atoms with Gasteiger partial charge >= 0.3 is 11.9 Å². The molecule has 0 aromatic rings. The monoisotopic (exact) mass is 520 g/mol. The van der Waals surface area contributed by atoms with Crippen LogP contribution in [0, 0.1) is 28.6 Å². The number of carbonyl (C=O) groups is 4. The number of fused-ring (bicyclic) bond motifs is 5. The van der Waals surface area contributed by atoms with Crippen LogP contribution in [0.15, 0.2) is 23.8 Å². The molecule has 198 valence electrons. The van der Waals surface area contributed by atoms with Crippen molar-refractivity contribution in [1.29, 1.82) is 0 Å². The number of esters is 2. The van der Waals surface area contributed by atoms with Crippen LogP contribution >= 0.6 is 11.6 Å². The van der Waals surface area contributed by atoms with Crippen molar-refractivity contribution >= 4 is 35.1 Å². The summed E-state index contributed by atoms with van der Waals surface area (Å²) in [7, 11) is 0. The molecule has 3 fully saturated rings. The molecule has 4 aliphatic rings. The zero-order valence-corrected chi connectivity index (χ0v) is 22.4. The highest BCUT2D eigenvalue weighted by Gasteiger charge is 2.73. The van der Waals surface area contributed by atoms with E-state index >= 15 is 0 Å². The average molecular weight is 521 g/mol. The molecule has 0 spiro atoms. The minimum absolute atomic E-state index is 0.0603. The van der Waals surface area contributed by atoms with Crippen molar-refractivity contribution in [2.75, 3.05) is 6.61 Å². The Morgan fingerprint density at radius 1 is 1.17 bits per heavy atom. The Balaban J connectivity index is 1.79. The minimum Gasteiger partial charge on any atom is -0.457 e. The second-order valence-corrected chi connectivity index (χ2v) is 12.0. The van der Waals surface area contributed by atoms with Crippen LogP contribution in [0.25, 0.3) is 0 Å². The van der Waals surface area contributed by atoms with Crippen LogP contribution in [-0.4, -0.2) is 52.3 Å². The molecule has 0 amide bonds. The van der Waals surface area contributed by atoms with Gasteiger partial charge in [0.25, 0.3) is 0 Å². The van der Waals surface area contributed by atoms with Crippen LogP contribution in [0.2, 0.25) is 0 Å². The third-order valence-electron chi connectivity index (χ3n) is 9.64. The minimum atomic E-state index is -1.72. The molecule has 0 bridgehead atoms. The molecule has 0 aromatic carbocycles. The molecule has 0 saturated heterocycles. The van der Waals surface area contributed by atoms with Gasteiger partial charge in [-0.15, -0.1) is 11.6 Å². The fraction of sp³-hybridized carbons (Fsp3) is 0.714. The number of allylic oxidation sites excluding steroid dienone is 1. The van der Waals surface area contributed by atoms with Gasteiger partial charge in [-0.1, -0.05) is 39.8 Å². The van der Waals surface area contributed by atoms with Crippen molar-refractivity contribution in [2.24, 2.45) is 28.6 Å². The summed E-state index contributed by atoms with van der Waals surface area (Å²) in [5, 5.41) is 11.4. The van der Waals surface area contributed by atoms with Gasteiger partial charge in [0.05, 0.1) is 6.10 Å². The van der Waals surface area contributed by atoms with Gasteiger partial charge in [-0.3, -0.25) is 19.2 Å². The van der Waals surface area contributed by atoms with Crippen molar-refractivity contribution in [2.45, 2.75) is 89.7 Å². The number of ketones is 2. The van der Waals surface area contributed by atoms with Crippen LogP contribution in [-0.2, 0) is 28.7 Å². The van der Waals surface area contributed by atoms with Crippen molar-refractivity contribution in [3.05, 3.63) is 23.8 Å². The lowest BCUT2D eigenvalue weighted by atomic mass is 9.45. The zero-order valence-electron chi connectivity index (χ0n) is 21.6. The number of hydrogen-bond donors (Lipinski definition) is 1. The first-order valence-corrected chi connectivity index (χ1v) is 13.4. The van der Waals surface area contributed by atoms with Gasteiger partial charge < -0.3 is 14.6 Å². The number of ether oxygens (including phenoxy) is 2. The van der Waals surface area contributed by atoms with E-state index in [2.05, 4.69) is 13.5 Å². The summed E-state index contributed by atoms with van der Waals surface area (Å²) < 4.78 is 11.2. The summed E-state index contributed by atoms with van der Waals surface area (Å²) in [6, 6.07) is 0. The van der Waals surface area contributed by atoms with E-state index in [-0.39, 0.29) is 53.6 Å². The number of alkyl halides is 1. The summed E-state index contributed by atoms with van der Waals surface area (Å²) in [6.45, 7) is 10.9. The maximum Gasteiger partial charge on any atom is 0.306 e. The Kier molecular flexibility index (Phi) is 7.06. The van der Waals surface area contributed by atoms with E-state index in [1.54, 1.807) is 19.9 Å². The van der Waals surface area contributed by atoms with Gasteiger partial charge in [-0.2, -0.15) is 0 Å². The molecule has 4 rings (SSSR count). The van der Waals surface area contributed by atoms with E-state index < -0.39 is 41.4 Å². The quantitative estimate of drug-likeness (QED) is 0.319. The molecule has 0 unspecified atom stereocenters. The van der Waals surface area contributed by atoms with Crippen molar-refractivity contribution in [3.63, 3.8) is 0 Å². The van der Waals surface area contributed by atoms with Crippen molar-refractivity contribution in [1.82, 2.24) is 0 Å². The van der Waals surface area contributed by atoms with Crippen LogP contribution in [0.3, 0.4) is 0 Å². The first kappa shape index (κ1) is 27.1. The molecular formula is C28H37ClO7. The Morgan fingerprint density at radius 3 is 2.47 bits per heavy atom. The molecule has 0 heterocycles. The lowest BCUT2D eigenvalue weighted by molar-refractivity contribution is -0.197. The summed E-state index contributed by atoms with van der Waals surface area (Å²) in [6.07, 6.45) is 3.25. The van der Waals surface area contributed by atoms with Gasteiger partial charge in [-0.25, -0.2) is 0 Å². The number of hydrogen-bond acceptors (Lipinski definition) is 7. The van der Waals surface area contributed by atoms with Gasteiger partial charge in [-0.05, 0) is 60.5 Å². The van der Waals surface area contributed by atoms with Crippen LogP contribution < -0.4 is 0 Å². The zero-order chi connectivity index (χ0) is 26.6. The van der Waals surface area contributed by atoms with Gasteiger partial charge in [0.2, 0.25) is 5.78 Å². The average Bonchev–Trinajstić information content (AvgIpc) is 3.04. The van der Waals surface area contributed by atoms with Crippen molar-refractivity contribution < 1.29 is 33.8 Å². The van der Waals surface area contributed by atoms with Crippen LogP contribution in [0.5, 0.6) is 0 Å². The third kappa shape index (κ3) is 3.80. The Hall–Kier alpha value is -1.99. The van der Waals surface area contributed by atoms with E-state index in [1.807, 2.05) is 6.92 Å². The smallest absolute Gasteiger partial charge is 0.306 e. The van der Waals surface area contributed by atoms with E-state index in [0.29, 0.717) is 31.3 Å². The highest BCUT2D eigenvalue weighted by Crippen LogP contribution is 2.70. The molecular weight excluding hydrogens is 484 g/mol. The molecule has 1 N–H and O–H groups in total. The first-order valence-electron chi connectivity index (χ1n) is 13.0. The SMILES string of the molecule is C=C1C[C@H]2[C@H]3[C@H]([C@@H](O)C[C@]2(C)[C@]1(OC(=O)CC)C(=O)COC(=O)CC)[C@@]1(C)CCC(=O)C=C1C[C@H]3Cl. The molecule has 0 radical (unpaired) electrons. The Labute approximate surface area is 217 Å². The topological polar surface area (TPSA) is 107 Å². The van der Waals surface area contributed by atoms with E-state index in [4.69, 9.17) is 21.1 Å². The van der Waals surface area contributed by atoms with Crippen LogP contribution in [0.4, 0.5) is 0 Å². The largest absolute Gasteiger partial charge is 0.457 e. The molecule has 8 atom stereocenters. The highest BCUT2D eigenvalue weighted by molar-refractivity contribution is 6.21. The molecule has 36 heavy (non-hydrogen) atoms. The molecule has 8 heteroatoms. The number of aliphatic hydroxyl groups excluding tert-OH is 1. The maximum atomic E-state index is 13.8. The number of Topliss-reactive ketones (excluding diaryl/α,β-unsaturated/α-hetero) is 1. The Bertz CT molecular complexity index is 1030. The van der Waals surface area contributed by atoms with Crippen LogP contribution in [0.1, 0.15) is 72.6 Å². The second kappa shape index (κ2) is 9.39. The molecule has 7 nitrogen and oxygen atoms in total. The highest BCUT2D eigenvalue weighted by atomic mass is 35.5. The summed E-state index contributed by atoms with van der Waals surface area (Å²) in [5.74, 6) is -2.10. The lowest BCUT2D eigenvalue weighted by Gasteiger charge is -2.61. The molecule has 0 aliphatic heterocycles. The fourth-order valence-corrected chi connectivity index (χ4v) is 8.40. The second-order valence-electron chi connectivity index (χ2n) is 11.4. The van der Waals surface area contributed by atoms with E-state index in [9.17, 15) is 24.3 Å². The number of rotatable bonds is 6. The predicted octanol–water partition coefficient (Wildman–Crippen LogP) is 4.09.